The fourth-order valence-electron chi connectivity index (χ4n) is 1.54. The van der Waals surface area contributed by atoms with E-state index in [9.17, 15) is 13.2 Å². The Labute approximate surface area is 118 Å². The third-order valence-corrected chi connectivity index (χ3v) is 2.69. The van der Waals surface area contributed by atoms with Crippen LogP contribution in [-0.4, -0.2) is 0 Å². The Morgan fingerprint density at radius 2 is 1.85 bits per heavy atom. The van der Waals surface area contributed by atoms with Crippen LogP contribution in [0.25, 0.3) is 0 Å². The summed E-state index contributed by atoms with van der Waals surface area (Å²) >= 11 is 5.77. The Morgan fingerprint density at radius 3 is 2.50 bits per heavy atom. The second-order valence-corrected chi connectivity index (χ2v) is 4.32. The van der Waals surface area contributed by atoms with Crippen LogP contribution in [0.4, 0.5) is 13.2 Å². The molecule has 0 aromatic heterocycles. The first-order valence-corrected chi connectivity index (χ1v) is 5.83. The van der Waals surface area contributed by atoms with Crippen molar-refractivity contribution in [2.45, 2.75) is 6.18 Å². The minimum atomic E-state index is -4.45. The predicted molar refractivity (Wildman–Crippen MR) is 67.7 cm³/mol. The van der Waals surface area contributed by atoms with E-state index in [1.54, 1.807) is 0 Å². The van der Waals surface area contributed by atoms with E-state index >= 15 is 0 Å². The van der Waals surface area contributed by atoms with E-state index in [2.05, 4.69) is 0 Å². The molecule has 0 atom stereocenters. The van der Waals surface area contributed by atoms with Crippen LogP contribution in [0.1, 0.15) is 11.1 Å². The van der Waals surface area contributed by atoms with Crippen LogP contribution in [0, 0.1) is 11.3 Å². The summed E-state index contributed by atoms with van der Waals surface area (Å²) in [4.78, 5) is 0. The number of alkyl halides is 3. The lowest BCUT2D eigenvalue weighted by atomic mass is 10.2. The molecule has 0 radical (unpaired) electrons. The Bertz CT molecular complexity index is 677. The molecule has 2 aromatic carbocycles. The molecular weight excluding hydrogens is 291 g/mol. The molecule has 0 amide bonds. The summed E-state index contributed by atoms with van der Waals surface area (Å²) in [5.41, 5.74) is -0.637. The summed E-state index contributed by atoms with van der Waals surface area (Å²) in [7, 11) is 0. The zero-order valence-corrected chi connectivity index (χ0v) is 10.7. The summed E-state index contributed by atoms with van der Waals surface area (Å²) in [6, 6.07) is 10.6. The van der Waals surface area contributed by atoms with Gasteiger partial charge in [0.1, 0.15) is 17.6 Å². The molecule has 0 bridgehead atoms. The van der Waals surface area contributed by atoms with Crippen LogP contribution in [0.15, 0.2) is 42.5 Å². The van der Waals surface area contributed by atoms with Crippen molar-refractivity contribution in [3.8, 4) is 17.6 Å². The topological polar surface area (TPSA) is 33.0 Å². The zero-order valence-electron chi connectivity index (χ0n) is 9.91. The van der Waals surface area contributed by atoms with Gasteiger partial charge < -0.3 is 4.74 Å². The van der Waals surface area contributed by atoms with Crippen molar-refractivity contribution >= 4 is 11.6 Å². The third kappa shape index (κ3) is 3.22. The van der Waals surface area contributed by atoms with Gasteiger partial charge in [0.25, 0.3) is 0 Å². The second kappa shape index (κ2) is 5.43. The van der Waals surface area contributed by atoms with Crippen molar-refractivity contribution in [1.82, 2.24) is 0 Å². The Hall–Kier alpha value is -2.19. The van der Waals surface area contributed by atoms with Crippen LogP contribution in [0.2, 0.25) is 5.02 Å². The molecule has 0 aliphatic rings. The number of nitriles is 1. The maximum Gasteiger partial charge on any atom is 0.416 e. The normalized spacial score (nSPS) is 10.9. The maximum absolute atomic E-state index is 12.6. The molecule has 6 heteroatoms. The minimum Gasteiger partial charge on any atom is -0.456 e. The van der Waals surface area contributed by atoms with Crippen LogP contribution in [-0.2, 0) is 6.18 Å². The third-order valence-electron chi connectivity index (χ3n) is 2.45. The summed E-state index contributed by atoms with van der Waals surface area (Å²) < 4.78 is 43.1. The van der Waals surface area contributed by atoms with E-state index in [-0.39, 0.29) is 17.1 Å². The summed E-state index contributed by atoms with van der Waals surface area (Å²) in [6.07, 6.45) is -4.45. The number of rotatable bonds is 2. The lowest BCUT2D eigenvalue weighted by Crippen LogP contribution is -2.04. The molecule has 0 fully saturated rings. The average Bonchev–Trinajstić information content (AvgIpc) is 2.38. The molecule has 0 aliphatic carbocycles. The van der Waals surface area contributed by atoms with Crippen LogP contribution in [0.5, 0.6) is 11.5 Å². The molecule has 2 aromatic rings. The molecule has 0 heterocycles. The molecule has 0 aliphatic heterocycles. The fraction of sp³-hybridized carbons (Fsp3) is 0.0714. The highest BCUT2D eigenvalue weighted by Gasteiger charge is 2.30. The predicted octanol–water partition coefficient (Wildman–Crippen LogP) is 5.02. The molecule has 0 saturated carbocycles. The molecule has 102 valence electrons. The maximum atomic E-state index is 12.6. The van der Waals surface area contributed by atoms with E-state index in [1.165, 1.54) is 30.3 Å². The van der Waals surface area contributed by atoms with Gasteiger partial charge in [-0.25, -0.2) is 0 Å². The van der Waals surface area contributed by atoms with E-state index in [1.807, 2.05) is 6.07 Å². The monoisotopic (exact) mass is 297 g/mol. The lowest BCUT2D eigenvalue weighted by Gasteiger charge is -2.11. The van der Waals surface area contributed by atoms with Gasteiger partial charge in [0.05, 0.1) is 11.1 Å². The first-order valence-electron chi connectivity index (χ1n) is 5.45. The first kappa shape index (κ1) is 14.2. The minimum absolute atomic E-state index is 0.0152. The van der Waals surface area contributed by atoms with Gasteiger partial charge in [-0.05, 0) is 30.3 Å². The first-order chi connectivity index (χ1) is 9.40. The number of ether oxygens (including phenoxy) is 1. The summed E-state index contributed by atoms with van der Waals surface area (Å²) in [5, 5.41) is 9.24. The highest BCUT2D eigenvalue weighted by Crippen LogP contribution is 2.34. The number of nitrogens with zero attached hydrogens (tertiary/aromatic N) is 1. The van der Waals surface area contributed by atoms with Crippen molar-refractivity contribution in [2.75, 3.05) is 0 Å². The highest BCUT2D eigenvalue weighted by atomic mass is 35.5. The Morgan fingerprint density at radius 1 is 1.10 bits per heavy atom. The zero-order chi connectivity index (χ0) is 14.8. The molecule has 0 N–H and O–H groups in total. The van der Waals surface area contributed by atoms with E-state index in [4.69, 9.17) is 21.6 Å². The van der Waals surface area contributed by atoms with Crippen LogP contribution >= 0.6 is 11.6 Å². The number of hydrogen-bond donors (Lipinski definition) is 0. The van der Waals surface area contributed by atoms with Crippen LogP contribution < -0.4 is 4.74 Å². The SMILES string of the molecule is N#Cc1ccc(Cl)cc1Oc1cccc(C(F)(F)F)c1. The van der Waals surface area contributed by atoms with Crippen LogP contribution in [0.3, 0.4) is 0 Å². The molecule has 0 saturated heterocycles. The summed E-state index contributed by atoms with van der Waals surface area (Å²) in [5.74, 6) is 0.0953. The number of hydrogen-bond acceptors (Lipinski definition) is 2. The van der Waals surface area contributed by atoms with Crippen molar-refractivity contribution in [1.29, 1.82) is 5.26 Å². The Balaban J connectivity index is 2.36. The highest BCUT2D eigenvalue weighted by molar-refractivity contribution is 6.30. The largest absolute Gasteiger partial charge is 0.456 e. The van der Waals surface area contributed by atoms with Gasteiger partial charge in [0.2, 0.25) is 0 Å². The van der Waals surface area contributed by atoms with Gasteiger partial charge in [-0.3, -0.25) is 0 Å². The Kier molecular flexibility index (Phi) is 3.86. The van der Waals surface area contributed by atoms with Crippen molar-refractivity contribution in [2.24, 2.45) is 0 Å². The van der Waals surface area contributed by atoms with Gasteiger partial charge >= 0.3 is 6.18 Å². The van der Waals surface area contributed by atoms with Gasteiger partial charge in [-0.15, -0.1) is 0 Å². The van der Waals surface area contributed by atoms with E-state index in [0.717, 1.165) is 12.1 Å². The molecule has 0 spiro atoms. The van der Waals surface area contributed by atoms with E-state index < -0.39 is 11.7 Å². The molecule has 20 heavy (non-hydrogen) atoms. The summed E-state index contributed by atoms with van der Waals surface area (Å²) in [6.45, 7) is 0. The number of benzene rings is 2. The molecule has 0 unspecified atom stereocenters. The smallest absolute Gasteiger partial charge is 0.416 e. The second-order valence-electron chi connectivity index (χ2n) is 3.88. The van der Waals surface area contributed by atoms with Gasteiger partial charge in [0, 0.05) is 11.1 Å². The van der Waals surface area contributed by atoms with Gasteiger partial charge in [-0.2, -0.15) is 18.4 Å². The number of halogens is 4. The quantitative estimate of drug-likeness (QED) is 0.779. The molecule has 2 nitrogen and oxygen atoms in total. The van der Waals surface area contributed by atoms with Gasteiger partial charge in [-0.1, -0.05) is 17.7 Å². The van der Waals surface area contributed by atoms with Gasteiger partial charge in [0.15, 0.2) is 0 Å². The van der Waals surface area contributed by atoms with E-state index in [0.29, 0.717) is 5.02 Å². The standard InChI is InChI=1S/C14H7ClF3NO/c15-11-5-4-9(8-19)13(7-11)20-12-3-1-2-10(6-12)14(16,17)18/h1-7H. The van der Waals surface area contributed by atoms with Crippen molar-refractivity contribution in [3.05, 3.63) is 58.6 Å². The lowest BCUT2D eigenvalue weighted by molar-refractivity contribution is -0.137. The molecular formula is C14H7ClF3NO. The van der Waals surface area contributed by atoms with Crippen molar-refractivity contribution < 1.29 is 17.9 Å². The average molecular weight is 298 g/mol. The fourth-order valence-corrected chi connectivity index (χ4v) is 1.70. The molecule has 2 rings (SSSR count). The van der Waals surface area contributed by atoms with Crippen molar-refractivity contribution in [3.63, 3.8) is 0 Å².